The highest BCUT2D eigenvalue weighted by atomic mass is 19.1. The van der Waals surface area contributed by atoms with E-state index in [0.29, 0.717) is 16.9 Å². The fraction of sp³-hybridized carbons (Fsp3) is 0.300. The Bertz CT molecular complexity index is 403. The maximum absolute atomic E-state index is 13.2. The number of carbonyl (C=O) groups excluding carboxylic acids is 1. The first-order valence-electron chi connectivity index (χ1n) is 4.45. The number of aryl methyl sites for hydroxylation is 1. The van der Waals surface area contributed by atoms with Gasteiger partial charge < -0.3 is 10.6 Å². The zero-order chi connectivity index (χ0) is 10.3. The number of benzene rings is 1. The maximum Gasteiger partial charge on any atom is 0.246 e. The summed E-state index contributed by atoms with van der Waals surface area (Å²) in [5.74, 6) is -0.358. The van der Waals surface area contributed by atoms with Crippen LogP contribution in [0.3, 0.4) is 0 Å². The van der Waals surface area contributed by atoms with Crippen molar-refractivity contribution >= 4 is 17.3 Å². The second-order valence-corrected chi connectivity index (χ2v) is 3.50. The van der Waals surface area contributed by atoms with Crippen LogP contribution in [0.15, 0.2) is 12.1 Å². The Balaban J connectivity index is 2.47. The summed E-state index contributed by atoms with van der Waals surface area (Å²) in [4.78, 5) is 11.3. The normalized spacial score (nSPS) is 19.6. The van der Waals surface area contributed by atoms with Gasteiger partial charge in [0.2, 0.25) is 5.91 Å². The molecule has 0 saturated heterocycles. The van der Waals surface area contributed by atoms with E-state index in [1.807, 2.05) is 0 Å². The molecule has 14 heavy (non-hydrogen) atoms. The molecule has 1 aliphatic heterocycles. The number of fused-ring (bicyclic) bond motifs is 1. The lowest BCUT2D eigenvalue weighted by molar-refractivity contribution is -0.116. The Kier molecular flexibility index (Phi) is 1.91. The summed E-state index contributed by atoms with van der Waals surface area (Å²) in [7, 11) is 0. The van der Waals surface area contributed by atoms with Crippen molar-refractivity contribution in [2.75, 3.05) is 10.6 Å². The zero-order valence-corrected chi connectivity index (χ0v) is 8.02. The van der Waals surface area contributed by atoms with Crippen molar-refractivity contribution in [1.82, 2.24) is 0 Å². The van der Waals surface area contributed by atoms with Gasteiger partial charge >= 0.3 is 0 Å². The van der Waals surface area contributed by atoms with Gasteiger partial charge in [0.25, 0.3) is 0 Å². The third-order valence-electron chi connectivity index (χ3n) is 2.32. The summed E-state index contributed by atoms with van der Waals surface area (Å²) >= 11 is 0. The van der Waals surface area contributed by atoms with Crippen molar-refractivity contribution in [3.8, 4) is 0 Å². The first-order valence-corrected chi connectivity index (χ1v) is 4.45. The van der Waals surface area contributed by atoms with Gasteiger partial charge in [-0.1, -0.05) is 0 Å². The molecular formula is C10H11FN2O. The molecule has 1 aliphatic rings. The summed E-state index contributed by atoms with van der Waals surface area (Å²) in [6.07, 6.45) is 0. The molecule has 1 amide bonds. The molecule has 3 nitrogen and oxygen atoms in total. The molecule has 0 fully saturated rings. The summed E-state index contributed by atoms with van der Waals surface area (Å²) in [5.41, 5.74) is 1.81. The van der Waals surface area contributed by atoms with Crippen LogP contribution in [0, 0.1) is 12.7 Å². The quantitative estimate of drug-likeness (QED) is 0.662. The topological polar surface area (TPSA) is 41.1 Å². The summed E-state index contributed by atoms with van der Waals surface area (Å²) in [6.45, 7) is 3.40. The molecule has 1 aromatic carbocycles. The van der Waals surface area contributed by atoms with Crippen molar-refractivity contribution < 1.29 is 9.18 Å². The highest BCUT2D eigenvalue weighted by Gasteiger charge is 2.21. The lowest BCUT2D eigenvalue weighted by Gasteiger charge is -2.24. The molecule has 1 heterocycles. The minimum absolute atomic E-state index is 0.0940. The minimum Gasteiger partial charge on any atom is -0.372 e. The molecule has 0 bridgehead atoms. The van der Waals surface area contributed by atoms with Gasteiger partial charge in [0, 0.05) is 0 Å². The van der Waals surface area contributed by atoms with Crippen LogP contribution in [0.1, 0.15) is 12.5 Å². The summed E-state index contributed by atoms with van der Waals surface area (Å²) < 4.78 is 13.2. The van der Waals surface area contributed by atoms with E-state index in [9.17, 15) is 9.18 Å². The number of rotatable bonds is 0. The van der Waals surface area contributed by atoms with Crippen molar-refractivity contribution in [1.29, 1.82) is 0 Å². The average molecular weight is 194 g/mol. The van der Waals surface area contributed by atoms with Crippen molar-refractivity contribution in [2.45, 2.75) is 19.9 Å². The van der Waals surface area contributed by atoms with Crippen molar-refractivity contribution in [2.24, 2.45) is 0 Å². The molecular weight excluding hydrogens is 183 g/mol. The Hall–Kier alpha value is -1.58. The van der Waals surface area contributed by atoms with E-state index in [2.05, 4.69) is 10.6 Å². The lowest BCUT2D eigenvalue weighted by Crippen LogP contribution is -2.36. The van der Waals surface area contributed by atoms with Crippen molar-refractivity contribution in [3.63, 3.8) is 0 Å². The first kappa shape index (κ1) is 8.99. The van der Waals surface area contributed by atoms with Gasteiger partial charge in [-0.25, -0.2) is 4.39 Å². The lowest BCUT2D eigenvalue weighted by atomic mass is 10.1. The fourth-order valence-corrected chi connectivity index (χ4v) is 1.44. The molecule has 1 atom stereocenters. The second-order valence-electron chi connectivity index (χ2n) is 3.50. The molecule has 1 unspecified atom stereocenters. The molecule has 0 spiro atoms. The predicted molar refractivity (Wildman–Crippen MR) is 52.9 cm³/mol. The zero-order valence-electron chi connectivity index (χ0n) is 8.02. The summed E-state index contributed by atoms with van der Waals surface area (Å²) in [6, 6.07) is 2.71. The van der Waals surface area contributed by atoms with Gasteiger partial charge in [-0.3, -0.25) is 4.79 Å². The molecule has 2 rings (SSSR count). The van der Waals surface area contributed by atoms with Crippen LogP contribution in [0.5, 0.6) is 0 Å². The molecule has 4 heteroatoms. The third-order valence-corrected chi connectivity index (χ3v) is 2.32. The smallest absolute Gasteiger partial charge is 0.246 e. The number of hydrogen-bond donors (Lipinski definition) is 2. The molecule has 0 radical (unpaired) electrons. The molecule has 0 aliphatic carbocycles. The van der Waals surface area contributed by atoms with Crippen LogP contribution < -0.4 is 10.6 Å². The number of halogens is 1. The van der Waals surface area contributed by atoms with Crippen LogP contribution in [0.25, 0.3) is 0 Å². The standard InChI is InChI=1S/C10H11FN2O/c1-5-3-8-9(4-7(5)11)12-6(2)10(14)13-8/h3-4,6,12H,1-2H3,(H,13,14). The molecule has 2 N–H and O–H groups in total. The van der Waals surface area contributed by atoms with Gasteiger partial charge in [-0.05, 0) is 31.5 Å². The number of anilines is 2. The van der Waals surface area contributed by atoms with Gasteiger partial charge in [-0.15, -0.1) is 0 Å². The largest absolute Gasteiger partial charge is 0.372 e. The van der Waals surface area contributed by atoms with Gasteiger partial charge in [0.15, 0.2) is 0 Å². The number of hydrogen-bond acceptors (Lipinski definition) is 2. The van der Waals surface area contributed by atoms with Crippen LogP contribution in [-0.2, 0) is 4.79 Å². The highest BCUT2D eigenvalue weighted by Crippen LogP contribution is 2.29. The molecule has 1 aromatic rings. The van der Waals surface area contributed by atoms with E-state index in [1.165, 1.54) is 6.07 Å². The predicted octanol–water partition coefficient (Wildman–Crippen LogP) is 1.89. The van der Waals surface area contributed by atoms with Crippen LogP contribution >= 0.6 is 0 Å². The third kappa shape index (κ3) is 1.32. The minimum atomic E-state index is -0.315. The number of nitrogens with one attached hydrogen (secondary N) is 2. The number of amides is 1. The molecule has 0 aromatic heterocycles. The first-order chi connectivity index (χ1) is 6.58. The van der Waals surface area contributed by atoms with E-state index in [-0.39, 0.29) is 17.8 Å². The van der Waals surface area contributed by atoms with Crippen LogP contribution in [0.2, 0.25) is 0 Å². The SMILES string of the molecule is Cc1cc2c(cc1F)NC(C)C(=O)N2. The molecule has 74 valence electrons. The van der Waals surface area contributed by atoms with Gasteiger partial charge in [-0.2, -0.15) is 0 Å². The van der Waals surface area contributed by atoms with Crippen molar-refractivity contribution in [3.05, 3.63) is 23.5 Å². The monoisotopic (exact) mass is 194 g/mol. The Morgan fingerprint density at radius 3 is 2.79 bits per heavy atom. The Labute approximate surface area is 81.3 Å². The van der Waals surface area contributed by atoms with E-state index < -0.39 is 0 Å². The average Bonchev–Trinajstić information content (AvgIpc) is 2.11. The second kappa shape index (κ2) is 2.97. The fourth-order valence-electron chi connectivity index (χ4n) is 1.44. The van der Waals surface area contributed by atoms with E-state index in [4.69, 9.17) is 0 Å². The van der Waals surface area contributed by atoms with Gasteiger partial charge in [0.1, 0.15) is 11.9 Å². The van der Waals surface area contributed by atoms with E-state index in [0.717, 1.165) is 0 Å². The number of carbonyl (C=O) groups is 1. The van der Waals surface area contributed by atoms with E-state index >= 15 is 0 Å². The van der Waals surface area contributed by atoms with E-state index in [1.54, 1.807) is 19.9 Å². The molecule has 0 saturated carbocycles. The van der Waals surface area contributed by atoms with Gasteiger partial charge in [0.05, 0.1) is 11.4 Å². The van der Waals surface area contributed by atoms with Crippen LogP contribution in [0.4, 0.5) is 15.8 Å². The Morgan fingerprint density at radius 2 is 2.07 bits per heavy atom. The Morgan fingerprint density at radius 1 is 1.36 bits per heavy atom. The van der Waals surface area contributed by atoms with Crippen LogP contribution in [-0.4, -0.2) is 11.9 Å². The summed E-state index contributed by atoms with van der Waals surface area (Å²) in [5, 5.41) is 5.64. The highest BCUT2D eigenvalue weighted by molar-refractivity contribution is 6.02. The maximum atomic E-state index is 13.2.